The quantitative estimate of drug-likeness (QED) is 0.760. The first-order chi connectivity index (χ1) is 6.74. The first-order valence-electron chi connectivity index (χ1n) is 5.24. The average molecular weight is 193 g/mol. The van der Waals surface area contributed by atoms with Crippen molar-refractivity contribution in [2.24, 2.45) is 0 Å². The zero-order valence-electron chi connectivity index (χ0n) is 8.52. The molecule has 1 aromatic carbocycles. The van der Waals surface area contributed by atoms with Gasteiger partial charge in [-0.15, -0.1) is 0 Å². The van der Waals surface area contributed by atoms with E-state index in [2.05, 4.69) is 18.3 Å². The van der Waals surface area contributed by atoms with Crippen molar-refractivity contribution in [2.45, 2.75) is 25.4 Å². The highest BCUT2D eigenvalue weighted by atomic mass is 19.1. The largest absolute Gasteiger partial charge is 0.313 e. The second-order valence-corrected chi connectivity index (χ2v) is 3.95. The molecular weight excluding hydrogens is 177 g/mol. The van der Waals surface area contributed by atoms with Gasteiger partial charge in [-0.1, -0.05) is 31.2 Å². The molecule has 2 rings (SSSR count). The molecule has 1 N–H and O–H groups in total. The summed E-state index contributed by atoms with van der Waals surface area (Å²) in [6.07, 6.45) is 1.57. The van der Waals surface area contributed by atoms with Crippen LogP contribution < -0.4 is 5.32 Å². The molecule has 0 spiro atoms. The molecule has 1 heterocycles. The maximum atomic E-state index is 14.3. The third-order valence-electron chi connectivity index (χ3n) is 2.96. The molecule has 1 unspecified atom stereocenters. The van der Waals surface area contributed by atoms with E-state index in [0.29, 0.717) is 13.0 Å². The molecule has 0 saturated carbocycles. The highest BCUT2D eigenvalue weighted by Crippen LogP contribution is 2.32. The molecule has 0 aliphatic carbocycles. The average Bonchev–Trinajstić information content (AvgIpc) is 2.67. The van der Waals surface area contributed by atoms with Crippen LogP contribution in [0, 0.1) is 0 Å². The zero-order valence-corrected chi connectivity index (χ0v) is 8.52. The molecule has 1 aromatic rings. The minimum atomic E-state index is -1.13. The van der Waals surface area contributed by atoms with Crippen LogP contribution in [0.5, 0.6) is 0 Å². The van der Waals surface area contributed by atoms with Crippen molar-refractivity contribution in [3.63, 3.8) is 0 Å². The van der Waals surface area contributed by atoms with Crippen molar-refractivity contribution < 1.29 is 4.39 Å². The molecule has 1 nitrogen and oxygen atoms in total. The fourth-order valence-corrected chi connectivity index (χ4v) is 1.98. The summed E-state index contributed by atoms with van der Waals surface area (Å²) in [7, 11) is 0. The predicted molar refractivity (Wildman–Crippen MR) is 56.1 cm³/mol. The van der Waals surface area contributed by atoms with Gasteiger partial charge in [-0.2, -0.15) is 0 Å². The molecule has 2 heteroatoms. The Morgan fingerprint density at radius 2 is 2.36 bits per heavy atom. The van der Waals surface area contributed by atoms with E-state index in [9.17, 15) is 4.39 Å². The Hall–Kier alpha value is -0.890. The summed E-state index contributed by atoms with van der Waals surface area (Å²) in [6.45, 7) is 3.34. The van der Waals surface area contributed by atoms with Gasteiger partial charge in [-0.3, -0.25) is 0 Å². The summed E-state index contributed by atoms with van der Waals surface area (Å²) >= 11 is 0. The van der Waals surface area contributed by atoms with Gasteiger partial charge in [0.2, 0.25) is 0 Å². The van der Waals surface area contributed by atoms with Crippen LogP contribution in [0.1, 0.15) is 24.5 Å². The Morgan fingerprint density at radius 3 is 3.00 bits per heavy atom. The van der Waals surface area contributed by atoms with Gasteiger partial charge in [-0.05, 0) is 30.5 Å². The SMILES string of the molecule is CCc1cccc(C2(F)CCNC2)c1. The van der Waals surface area contributed by atoms with Crippen molar-refractivity contribution >= 4 is 0 Å². The summed E-state index contributed by atoms with van der Waals surface area (Å²) in [5.74, 6) is 0. The number of hydrogen-bond acceptors (Lipinski definition) is 1. The molecule has 1 aliphatic heterocycles. The summed E-state index contributed by atoms with van der Waals surface area (Å²) in [5.41, 5.74) is 0.916. The molecule has 1 fully saturated rings. The molecule has 14 heavy (non-hydrogen) atoms. The van der Waals surface area contributed by atoms with Gasteiger partial charge in [0, 0.05) is 6.54 Å². The lowest BCUT2D eigenvalue weighted by atomic mass is 9.93. The standard InChI is InChI=1S/C12H16FN/c1-2-10-4-3-5-11(8-10)12(13)6-7-14-9-12/h3-5,8,14H,2,6-7,9H2,1H3. The molecule has 0 aromatic heterocycles. The number of alkyl halides is 1. The molecule has 76 valence electrons. The smallest absolute Gasteiger partial charge is 0.149 e. The number of benzene rings is 1. The maximum Gasteiger partial charge on any atom is 0.149 e. The van der Waals surface area contributed by atoms with E-state index in [0.717, 1.165) is 18.5 Å². The fraction of sp³-hybridized carbons (Fsp3) is 0.500. The van der Waals surface area contributed by atoms with E-state index < -0.39 is 5.67 Å². The molecular formula is C12H16FN. The van der Waals surface area contributed by atoms with E-state index in [1.165, 1.54) is 5.56 Å². The van der Waals surface area contributed by atoms with Gasteiger partial charge in [0.1, 0.15) is 5.67 Å². The van der Waals surface area contributed by atoms with Crippen molar-refractivity contribution in [2.75, 3.05) is 13.1 Å². The van der Waals surface area contributed by atoms with Crippen LogP contribution in [0.2, 0.25) is 0 Å². The number of aryl methyl sites for hydroxylation is 1. The number of nitrogens with one attached hydrogen (secondary N) is 1. The van der Waals surface area contributed by atoms with Crippen LogP contribution in [-0.4, -0.2) is 13.1 Å². The maximum absolute atomic E-state index is 14.3. The van der Waals surface area contributed by atoms with Crippen LogP contribution in [0.25, 0.3) is 0 Å². The Kier molecular flexibility index (Phi) is 2.55. The fourth-order valence-electron chi connectivity index (χ4n) is 1.98. The second kappa shape index (κ2) is 3.70. The number of halogens is 1. The van der Waals surface area contributed by atoms with E-state index >= 15 is 0 Å². The first kappa shape index (κ1) is 9.66. The highest BCUT2D eigenvalue weighted by molar-refractivity contribution is 5.29. The third-order valence-corrected chi connectivity index (χ3v) is 2.96. The van der Waals surface area contributed by atoms with Crippen LogP contribution >= 0.6 is 0 Å². The molecule has 0 amide bonds. The summed E-state index contributed by atoms with van der Waals surface area (Å²) in [6, 6.07) is 7.89. The lowest BCUT2D eigenvalue weighted by Crippen LogP contribution is -2.23. The van der Waals surface area contributed by atoms with E-state index in [1.54, 1.807) is 0 Å². The van der Waals surface area contributed by atoms with Crippen molar-refractivity contribution in [1.29, 1.82) is 0 Å². The van der Waals surface area contributed by atoms with Crippen LogP contribution in [0.3, 0.4) is 0 Å². The number of rotatable bonds is 2. The van der Waals surface area contributed by atoms with Crippen LogP contribution in [0.15, 0.2) is 24.3 Å². The Bertz CT molecular complexity index is 316. The van der Waals surface area contributed by atoms with Crippen molar-refractivity contribution in [3.8, 4) is 0 Å². The predicted octanol–water partition coefficient (Wildman–Crippen LogP) is 2.41. The van der Waals surface area contributed by atoms with E-state index in [4.69, 9.17) is 0 Å². The molecule has 0 bridgehead atoms. The van der Waals surface area contributed by atoms with Crippen LogP contribution in [-0.2, 0) is 12.1 Å². The molecule has 1 atom stereocenters. The van der Waals surface area contributed by atoms with Crippen molar-refractivity contribution in [3.05, 3.63) is 35.4 Å². The van der Waals surface area contributed by atoms with Gasteiger partial charge >= 0.3 is 0 Å². The molecule has 1 saturated heterocycles. The lowest BCUT2D eigenvalue weighted by molar-refractivity contribution is 0.193. The monoisotopic (exact) mass is 193 g/mol. The van der Waals surface area contributed by atoms with Gasteiger partial charge < -0.3 is 5.32 Å². The Morgan fingerprint density at radius 1 is 1.50 bits per heavy atom. The minimum absolute atomic E-state index is 0.458. The second-order valence-electron chi connectivity index (χ2n) is 3.95. The van der Waals surface area contributed by atoms with Crippen LogP contribution in [0.4, 0.5) is 4.39 Å². The van der Waals surface area contributed by atoms with Gasteiger partial charge in [0.15, 0.2) is 0 Å². The van der Waals surface area contributed by atoms with Gasteiger partial charge in [0.25, 0.3) is 0 Å². The lowest BCUT2D eigenvalue weighted by Gasteiger charge is -2.19. The molecule has 1 aliphatic rings. The van der Waals surface area contributed by atoms with Gasteiger partial charge in [-0.25, -0.2) is 4.39 Å². The highest BCUT2D eigenvalue weighted by Gasteiger charge is 2.35. The van der Waals surface area contributed by atoms with E-state index in [-0.39, 0.29) is 0 Å². The number of hydrogen-bond donors (Lipinski definition) is 1. The Balaban J connectivity index is 2.30. The topological polar surface area (TPSA) is 12.0 Å². The Labute approximate surface area is 84.3 Å². The van der Waals surface area contributed by atoms with E-state index in [1.807, 2.05) is 18.2 Å². The minimum Gasteiger partial charge on any atom is -0.313 e. The normalized spacial score (nSPS) is 26.7. The van der Waals surface area contributed by atoms with Gasteiger partial charge in [0.05, 0.1) is 0 Å². The first-order valence-corrected chi connectivity index (χ1v) is 5.24. The summed E-state index contributed by atoms with van der Waals surface area (Å²) < 4.78 is 14.3. The third kappa shape index (κ3) is 1.67. The summed E-state index contributed by atoms with van der Waals surface area (Å²) in [5, 5.41) is 3.07. The summed E-state index contributed by atoms with van der Waals surface area (Å²) in [4.78, 5) is 0. The molecule has 0 radical (unpaired) electrons. The van der Waals surface area contributed by atoms with Crippen molar-refractivity contribution in [1.82, 2.24) is 5.32 Å². The zero-order chi connectivity index (χ0) is 10.0.